The van der Waals surface area contributed by atoms with Gasteiger partial charge in [0.2, 0.25) is 0 Å². The van der Waals surface area contributed by atoms with Gasteiger partial charge in [0.1, 0.15) is 0 Å². The topological polar surface area (TPSA) is 0 Å². The summed E-state index contributed by atoms with van der Waals surface area (Å²) in [6, 6.07) is 6.38. The second-order valence-corrected chi connectivity index (χ2v) is 3.33. The molecule has 0 saturated carbocycles. The molecule has 0 amide bonds. The lowest BCUT2D eigenvalue weighted by atomic mass is 9.97. The molecule has 0 N–H and O–H groups in total. The van der Waals surface area contributed by atoms with Crippen molar-refractivity contribution in [2.45, 2.75) is 13.8 Å². The van der Waals surface area contributed by atoms with E-state index in [0.717, 1.165) is 0 Å². The Kier molecular flexibility index (Phi) is 1.92. The minimum absolute atomic E-state index is 1.22. The fourth-order valence-corrected chi connectivity index (χ4v) is 1.74. The molecular formula is C13H12. The van der Waals surface area contributed by atoms with Crippen molar-refractivity contribution in [2.24, 2.45) is 0 Å². The molecule has 2 rings (SSSR count). The molecule has 0 heteroatoms. The molecule has 1 aliphatic carbocycles. The third-order valence-corrected chi connectivity index (χ3v) is 2.35. The molecule has 0 fully saturated rings. The van der Waals surface area contributed by atoms with Gasteiger partial charge in [0.25, 0.3) is 0 Å². The van der Waals surface area contributed by atoms with Gasteiger partial charge in [-0.25, -0.2) is 0 Å². The van der Waals surface area contributed by atoms with Crippen LogP contribution in [0.25, 0.3) is 11.6 Å². The highest BCUT2D eigenvalue weighted by atomic mass is 14.1. The second-order valence-electron chi connectivity index (χ2n) is 3.33. The van der Waals surface area contributed by atoms with E-state index >= 15 is 0 Å². The van der Waals surface area contributed by atoms with Crippen LogP contribution in [0.4, 0.5) is 0 Å². The standard InChI is InChI=1S/C13H12/c1-10-6-3-4-8-12-9-5-7-11(2)13(10)12/h3-5,7-9H,1-2H3. The molecule has 13 heavy (non-hydrogen) atoms. The van der Waals surface area contributed by atoms with Crippen LogP contribution in [0.3, 0.4) is 0 Å². The molecule has 1 aromatic rings. The Morgan fingerprint density at radius 3 is 2.85 bits per heavy atom. The van der Waals surface area contributed by atoms with Crippen LogP contribution < -0.4 is 0 Å². The third kappa shape index (κ3) is 1.37. The van der Waals surface area contributed by atoms with Crippen LogP contribution in [-0.2, 0) is 0 Å². The van der Waals surface area contributed by atoms with Crippen LogP contribution in [0.5, 0.6) is 0 Å². The summed E-state index contributed by atoms with van der Waals surface area (Å²) in [5.74, 6) is 0. The van der Waals surface area contributed by atoms with E-state index in [4.69, 9.17) is 0 Å². The van der Waals surface area contributed by atoms with Crippen molar-refractivity contribution in [3.05, 3.63) is 52.8 Å². The van der Waals surface area contributed by atoms with Crippen molar-refractivity contribution in [3.8, 4) is 0 Å². The fourth-order valence-electron chi connectivity index (χ4n) is 1.74. The second kappa shape index (κ2) is 3.08. The van der Waals surface area contributed by atoms with Crippen molar-refractivity contribution in [1.29, 1.82) is 0 Å². The number of benzene rings is 1. The lowest BCUT2D eigenvalue weighted by Gasteiger charge is -2.07. The summed E-state index contributed by atoms with van der Waals surface area (Å²) >= 11 is 0. The number of aryl methyl sites for hydroxylation is 1. The van der Waals surface area contributed by atoms with E-state index in [-0.39, 0.29) is 0 Å². The summed E-state index contributed by atoms with van der Waals surface area (Å²) in [6.45, 7) is 4.25. The largest absolute Gasteiger partial charge is 0.117 e. The van der Waals surface area contributed by atoms with Crippen LogP contribution in [-0.4, -0.2) is 0 Å². The van der Waals surface area contributed by atoms with Crippen molar-refractivity contribution < 1.29 is 0 Å². The van der Waals surface area contributed by atoms with Gasteiger partial charge >= 0.3 is 0 Å². The van der Waals surface area contributed by atoms with Gasteiger partial charge in [0, 0.05) is 0 Å². The smallest absolute Gasteiger partial charge is 0.00103 e. The van der Waals surface area contributed by atoms with Gasteiger partial charge in [-0.15, -0.1) is 5.73 Å². The molecule has 1 aromatic carbocycles. The first-order valence-corrected chi connectivity index (χ1v) is 4.49. The van der Waals surface area contributed by atoms with Gasteiger partial charge in [0.05, 0.1) is 0 Å². The number of hydrogen-bond donors (Lipinski definition) is 0. The van der Waals surface area contributed by atoms with E-state index in [1.54, 1.807) is 0 Å². The van der Waals surface area contributed by atoms with Crippen LogP contribution in [0, 0.1) is 6.92 Å². The fraction of sp³-hybridized carbons (Fsp3) is 0.154. The zero-order valence-corrected chi connectivity index (χ0v) is 7.96. The highest BCUT2D eigenvalue weighted by molar-refractivity contribution is 5.77. The molecule has 0 aromatic heterocycles. The van der Waals surface area contributed by atoms with E-state index in [1.165, 1.54) is 22.3 Å². The maximum Gasteiger partial charge on any atom is -0.00103 e. The Hall–Kier alpha value is -1.52. The van der Waals surface area contributed by atoms with E-state index in [9.17, 15) is 0 Å². The maximum absolute atomic E-state index is 3.25. The molecule has 0 atom stereocenters. The van der Waals surface area contributed by atoms with Crippen molar-refractivity contribution in [2.75, 3.05) is 0 Å². The average molecular weight is 168 g/mol. The molecular weight excluding hydrogens is 156 g/mol. The zero-order chi connectivity index (χ0) is 9.26. The SMILES string of the molecule is CC1=C=CC=Cc2cccc(C)c21. The maximum atomic E-state index is 3.25. The van der Waals surface area contributed by atoms with Crippen LogP contribution in [0.1, 0.15) is 23.6 Å². The Balaban J connectivity index is 2.78. The molecule has 0 unspecified atom stereocenters. The number of allylic oxidation sites excluding steroid dienone is 2. The van der Waals surface area contributed by atoms with Gasteiger partial charge in [-0.2, -0.15) is 0 Å². The third-order valence-electron chi connectivity index (χ3n) is 2.35. The van der Waals surface area contributed by atoms with Gasteiger partial charge < -0.3 is 0 Å². The Morgan fingerprint density at radius 2 is 2.00 bits per heavy atom. The molecule has 64 valence electrons. The van der Waals surface area contributed by atoms with Crippen LogP contribution >= 0.6 is 0 Å². The highest BCUT2D eigenvalue weighted by Gasteiger charge is 2.05. The summed E-state index contributed by atoms with van der Waals surface area (Å²) < 4.78 is 0. The average Bonchev–Trinajstić information content (AvgIpc) is 2.29. The zero-order valence-electron chi connectivity index (χ0n) is 7.96. The number of rotatable bonds is 0. The Morgan fingerprint density at radius 1 is 1.15 bits per heavy atom. The first-order chi connectivity index (χ1) is 6.29. The van der Waals surface area contributed by atoms with Crippen LogP contribution in [0.2, 0.25) is 0 Å². The van der Waals surface area contributed by atoms with Crippen LogP contribution in [0.15, 0.2) is 36.1 Å². The molecule has 0 saturated heterocycles. The molecule has 0 spiro atoms. The Labute approximate surface area is 78.9 Å². The summed E-state index contributed by atoms with van der Waals surface area (Å²) in [7, 11) is 0. The monoisotopic (exact) mass is 168 g/mol. The van der Waals surface area contributed by atoms with Gasteiger partial charge in [0.15, 0.2) is 0 Å². The lowest BCUT2D eigenvalue weighted by Crippen LogP contribution is -1.88. The number of hydrogen-bond acceptors (Lipinski definition) is 0. The van der Waals surface area contributed by atoms with E-state index < -0.39 is 0 Å². The molecule has 0 nitrogen and oxygen atoms in total. The summed E-state index contributed by atoms with van der Waals surface area (Å²) in [6.07, 6.45) is 6.13. The minimum atomic E-state index is 1.22. The first-order valence-electron chi connectivity index (χ1n) is 4.49. The van der Waals surface area contributed by atoms with Gasteiger partial charge in [-0.3, -0.25) is 0 Å². The normalized spacial score (nSPS) is 13.5. The molecule has 0 aliphatic heterocycles. The minimum Gasteiger partial charge on any atom is -0.117 e. The molecule has 1 aliphatic rings. The van der Waals surface area contributed by atoms with Gasteiger partial charge in [-0.05, 0) is 42.2 Å². The summed E-state index contributed by atoms with van der Waals surface area (Å²) in [5, 5.41) is 0. The highest BCUT2D eigenvalue weighted by Crippen LogP contribution is 2.24. The van der Waals surface area contributed by atoms with Gasteiger partial charge in [-0.1, -0.05) is 30.4 Å². The van der Waals surface area contributed by atoms with E-state index in [0.29, 0.717) is 0 Å². The molecule has 0 radical (unpaired) electrons. The van der Waals surface area contributed by atoms with Crippen molar-refractivity contribution >= 4 is 11.6 Å². The van der Waals surface area contributed by atoms with E-state index in [2.05, 4.69) is 43.9 Å². The lowest BCUT2D eigenvalue weighted by molar-refractivity contribution is 1.40. The Bertz CT molecular complexity index is 427. The molecule has 0 bridgehead atoms. The summed E-state index contributed by atoms with van der Waals surface area (Å²) in [4.78, 5) is 0. The van der Waals surface area contributed by atoms with Crippen molar-refractivity contribution in [1.82, 2.24) is 0 Å². The van der Waals surface area contributed by atoms with Crippen molar-refractivity contribution in [3.63, 3.8) is 0 Å². The first kappa shape index (κ1) is 8.10. The summed E-state index contributed by atoms with van der Waals surface area (Å²) in [5.41, 5.74) is 8.41. The molecule has 0 heterocycles. The number of fused-ring (bicyclic) bond motifs is 1. The predicted octanol–water partition coefficient (Wildman–Crippen LogP) is 3.58. The van der Waals surface area contributed by atoms with E-state index in [1.807, 2.05) is 12.2 Å². The quantitative estimate of drug-likeness (QED) is 0.519. The predicted molar refractivity (Wildman–Crippen MR) is 57.4 cm³/mol.